The van der Waals surface area contributed by atoms with Gasteiger partial charge >= 0.3 is 0 Å². The maximum absolute atomic E-state index is 6.35. The molecule has 42 heavy (non-hydrogen) atoms. The van der Waals surface area contributed by atoms with E-state index >= 15 is 0 Å². The van der Waals surface area contributed by atoms with Crippen LogP contribution in [0.25, 0.3) is 49.4 Å². The zero-order valence-corrected chi connectivity index (χ0v) is 22.8. The molecule has 0 N–H and O–H groups in total. The van der Waals surface area contributed by atoms with Crippen LogP contribution in [0, 0.1) is 0 Å². The lowest BCUT2D eigenvalue weighted by molar-refractivity contribution is 0.415. The van der Waals surface area contributed by atoms with Crippen molar-refractivity contribution in [3.63, 3.8) is 0 Å². The smallest absolute Gasteiger partial charge is 0.252 e. The minimum atomic E-state index is 0.0985. The number of hydrogen-bond donors (Lipinski definition) is 0. The van der Waals surface area contributed by atoms with E-state index in [1.54, 1.807) is 7.11 Å². The zero-order valence-electron chi connectivity index (χ0n) is 22.8. The van der Waals surface area contributed by atoms with E-state index in [9.17, 15) is 0 Å². The Bertz CT molecular complexity index is 2420. The third kappa shape index (κ3) is 2.68. The number of rotatable bonds is 2. The first-order chi connectivity index (χ1) is 20.8. The molecule has 8 aromatic rings. The predicted molar refractivity (Wildman–Crippen MR) is 174 cm³/mol. The van der Waals surface area contributed by atoms with Crippen molar-refractivity contribution in [2.45, 2.75) is 0 Å². The van der Waals surface area contributed by atoms with E-state index in [0.717, 1.165) is 44.8 Å². The third-order valence-corrected chi connectivity index (χ3v) is 9.25. The monoisotopic (exact) mass is 538 g/mol. The predicted octanol–water partition coefficient (Wildman–Crippen LogP) is 7.30. The SMILES string of the molecule is COc1cc2c3c(c1)-n1c4cc5c(cc4c4cccc(c41)B3c1ccccc1N2c1ccccc1)oc1ccccc15. The van der Waals surface area contributed by atoms with E-state index in [2.05, 4.69) is 119 Å². The van der Waals surface area contributed by atoms with Gasteiger partial charge in [0.15, 0.2) is 0 Å². The Labute approximate surface area is 242 Å². The van der Waals surface area contributed by atoms with Gasteiger partial charge in [0.25, 0.3) is 6.71 Å². The maximum atomic E-state index is 6.35. The molecule has 0 bridgehead atoms. The highest BCUT2D eigenvalue weighted by Crippen LogP contribution is 2.44. The van der Waals surface area contributed by atoms with Crippen LogP contribution in [-0.4, -0.2) is 18.4 Å². The number of benzene rings is 6. The van der Waals surface area contributed by atoms with Crippen LogP contribution in [0.5, 0.6) is 5.75 Å². The first-order valence-electron chi connectivity index (χ1n) is 14.3. The summed E-state index contributed by atoms with van der Waals surface area (Å²) >= 11 is 0. The van der Waals surface area contributed by atoms with Gasteiger partial charge in [0.05, 0.1) is 12.6 Å². The summed E-state index contributed by atoms with van der Waals surface area (Å²) < 4.78 is 14.8. The summed E-state index contributed by atoms with van der Waals surface area (Å²) in [6, 6.07) is 43.6. The highest BCUT2D eigenvalue weighted by molar-refractivity contribution is 7.00. The number of aromatic nitrogens is 1. The van der Waals surface area contributed by atoms with Gasteiger partial charge in [-0.25, -0.2) is 0 Å². The summed E-state index contributed by atoms with van der Waals surface area (Å²) in [6.07, 6.45) is 0. The number of para-hydroxylation sites is 4. The highest BCUT2D eigenvalue weighted by atomic mass is 16.5. The Hall–Kier alpha value is -5.42. The largest absolute Gasteiger partial charge is 0.497 e. The first-order valence-corrected chi connectivity index (χ1v) is 14.3. The van der Waals surface area contributed by atoms with Crippen molar-refractivity contribution < 1.29 is 9.15 Å². The van der Waals surface area contributed by atoms with Gasteiger partial charge in [-0.2, -0.15) is 0 Å². The number of nitrogens with zero attached hydrogens (tertiary/aromatic N) is 2. The molecular weight excluding hydrogens is 515 g/mol. The van der Waals surface area contributed by atoms with E-state index in [4.69, 9.17) is 9.15 Å². The van der Waals surface area contributed by atoms with Crippen molar-refractivity contribution in [3.8, 4) is 11.4 Å². The van der Waals surface area contributed by atoms with Gasteiger partial charge in [-0.15, -0.1) is 0 Å². The molecule has 2 aromatic heterocycles. The summed E-state index contributed by atoms with van der Waals surface area (Å²) in [5.74, 6) is 0.840. The minimum absolute atomic E-state index is 0.0985. The molecule has 4 heterocycles. The molecule has 0 saturated heterocycles. The van der Waals surface area contributed by atoms with E-state index in [-0.39, 0.29) is 6.71 Å². The zero-order chi connectivity index (χ0) is 27.5. The second kappa shape index (κ2) is 7.86. The summed E-state index contributed by atoms with van der Waals surface area (Å²) in [5.41, 5.74) is 12.8. The molecule has 6 aromatic carbocycles. The van der Waals surface area contributed by atoms with Crippen molar-refractivity contribution in [2.75, 3.05) is 12.0 Å². The van der Waals surface area contributed by atoms with Crippen molar-refractivity contribution in [1.29, 1.82) is 0 Å². The molecular formula is C37H23BN2O2. The van der Waals surface area contributed by atoms with Crippen LogP contribution in [0.15, 0.2) is 126 Å². The summed E-state index contributed by atoms with van der Waals surface area (Å²) in [5, 5.41) is 4.71. The van der Waals surface area contributed by atoms with Gasteiger partial charge in [0.1, 0.15) is 16.9 Å². The number of ether oxygens (including phenoxy) is 1. The average Bonchev–Trinajstić information content (AvgIpc) is 3.57. The van der Waals surface area contributed by atoms with E-state index < -0.39 is 0 Å². The molecule has 4 nitrogen and oxygen atoms in total. The maximum Gasteiger partial charge on any atom is 0.252 e. The average molecular weight is 538 g/mol. The molecule has 0 amide bonds. The van der Waals surface area contributed by atoms with Gasteiger partial charge in [0, 0.05) is 61.9 Å². The number of anilines is 3. The van der Waals surface area contributed by atoms with Gasteiger partial charge in [-0.05, 0) is 52.8 Å². The van der Waals surface area contributed by atoms with Crippen LogP contribution >= 0.6 is 0 Å². The molecule has 0 atom stereocenters. The first kappa shape index (κ1) is 22.3. The minimum Gasteiger partial charge on any atom is -0.497 e. The van der Waals surface area contributed by atoms with Crippen molar-refractivity contribution in [2.24, 2.45) is 0 Å². The van der Waals surface area contributed by atoms with Crippen LogP contribution in [0.3, 0.4) is 0 Å². The van der Waals surface area contributed by atoms with Crippen LogP contribution in [0.4, 0.5) is 17.1 Å². The van der Waals surface area contributed by atoms with Crippen LogP contribution < -0.4 is 26.0 Å². The molecule has 0 fully saturated rings. The van der Waals surface area contributed by atoms with E-state index in [1.165, 1.54) is 43.9 Å². The van der Waals surface area contributed by atoms with Crippen molar-refractivity contribution in [3.05, 3.63) is 121 Å². The normalized spacial score (nSPS) is 13.3. The standard InChI is InChI=1S/C37H23BN2O2/c1-41-23-18-32-36-33(19-23)40-31-20-27-24-12-5-8-17-34(24)42-35(27)21-26(31)25-13-9-15-29(37(25)40)38(36)28-14-6-7-16-30(28)39(32)22-10-3-2-4-11-22/h2-21H,1H3. The Morgan fingerprint density at radius 3 is 2.26 bits per heavy atom. The van der Waals surface area contributed by atoms with Crippen LogP contribution in [0.1, 0.15) is 0 Å². The number of fused-ring (bicyclic) bond motifs is 10. The van der Waals surface area contributed by atoms with E-state index in [1.807, 2.05) is 12.1 Å². The Kier molecular flexibility index (Phi) is 4.17. The van der Waals surface area contributed by atoms with Crippen LogP contribution in [-0.2, 0) is 0 Å². The molecule has 196 valence electrons. The fourth-order valence-corrected chi connectivity index (χ4v) is 7.57. The summed E-state index contributed by atoms with van der Waals surface area (Å²) in [6.45, 7) is 0.0985. The third-order valence-electron chi connectivity index (χ3n) is 9.25. The lowest BCUT2D eigenvalue weighted by Gasteiger charge is -2.40. The number of methoxy groups -OCH3 is 1. The van der Waals surface area contributed by atoms with Gasteiger partial charge < -0.3 is 18.6 Å². The quantitative estimate of drug-likeness (QED) is 0.216. The molecule has 0 aliphatic carbocycles. The molecule has 0 spiro atoms. The number of furan rings is 1. The van der Waals surface area contributed by atoms with Crippen molar-refractivity contribution in [1.82, 2.24) is 4.57 Å². The fourth-order valence-electron chi connectivity index (χ4n) is 7.57. The Morgan fingerprint density at radius 2 is 1.36 bits per heavy atom. The van der Waals surface area contributed by atoms with E-state index in [0.29, 0.717) is 0 Å². The topological polar surface area (TPSA) is 30.5 Å². The molecule has 5 heteroatoms. The molecule has 0 saturated carbocycles. The molecule has 2 aliphatic rings. The highest BCUT2D eigenvalue weighted by Gasteiger charge is 2.42. The van der Waals surface area contributed by atoms with Gasteiger partial charge in [0.2, 0.25) is 0 Å². The molecule has 0 unspecified atom stereocenters. The summed E-state index contributed by atoms with van der Waals surface area (Å²) in [4.78, 5) is 2.39. The molecule has 0 radical (unpaired) electrons. The lowest BCUT2D eigenvalue weighted by atomic mass is 9.34. The Morgan fingerprint density at radius 1 is 0.595 bits per heavy atom. The lowest BCUT2D eigenvalue weighted by Crippen LogP contribution is -2.60. The van der Waals surface area contributed by atoms with Gasteiger partial charge in [-0.1, -0.05) is 72.8 Å². The second-order valence-corrected chi connectivity index (χ2v) is 11.3. The second-order valence-electron chi connectivity index (χ2n) is 11.3. The molecule has 2 aliphatic heterocycles. The van der Waals surface area contributed by atoms with Crippen LogP contribution in [0.2, 0.25) is 0 Å². The Balaban J connectivity index is 1.40. The molecule has 10 rings (SSSR count). The number of hydrogen-bond acceptors (Lipinski definition) is 3. The summed E-state index contributed by atoms with van der Waals surface area (Å²) in [7, 11) is 1.76. The van der Waals surface area contributed by atoms with Crippen molar-refractivity contribution >= 4 is 83.9 Å². The fraction of sp³-hybridized carbons (Fsp3) is 0.0270. The van der Waals surface area contributed by atoms with Gasteiger partial charge in [-0.3, -0.25) is 0 Å².